The Morgan fingerprint density at radius 2 is 0.507 bits per heavy atom. The average molecular weight is 1000 g/mol. The maximum Gasteiger partial charge on any atom is 0.306 e. The second kappa shape index (κ2) is 60.4. The number of hydrogen-bond acceptors (Lipinski definition) is 6. The van der Waals surface area contributed by atoms with Gasteiger partial charge in [0.15, 0.2) is 6.10 Å². The van der Waals surface area contributed by atoms with Crippen molar-refractivity contribution in [1.82, 2.24) is 0 Å². The average Bonchev–Trinajstić information content (AvgIpc) is 3.37. The smallest absolute Gasteiger partial charge is 0.306 e. The summed E-state index contributed by atoms with van der Waals surface area (Å²) in [5, 5.41) is 0. The Bertz CT molecular complexity index is 1150. The van der Waals surface area contributed by atoms with Crippen LogP contribution in [0.5, 0.6) is 0 Å². The van der Waals surface area contributed by atoms with E-state index in [2.05, 4.69) is 45.1 Å². The van der Waals surface area contributed by atoms with Gasteiger partial charge in [-0.05, 0) is 51.4 Å². The predicted molar refractivity (Wildman–Crippen MR) is 307 cm³/mol. The fourth-order valence-electron chi connectivity index (χ4n) is 9.65. The lowest BCUT2D eigenvalue weighted by molar-refractivity contribution is -0.167. The van der Waals surface area contributed by atoms with Gasteiger partial charge in [0, 0.05) is 19.3 Å². The summed E-state index contributed by atoms with van der Waals surface area (Å²) in [6, 6.07) is 0. The van der Waals surface area contributed by atoms with E-state index in [0.29, 0.717) is 19.3 Å². The van der Waals surface area contributed by atoms with Crippen LogP contribution in [0, 0.1) is 0 Å². The summed E-state index contributed by atoms with van der Waals surface area (Å²) in [5.41, 5.74) is 0. The van der Waals surface area contributed by atoms with Crippen molar-refractivity contribution >= 4 is 17.9 Å². The van der Waals surface area contributed by atoms with Crippen LogP contribution in [-0.2, 0) is 28.6 Å². The van der Waals surface area contributed by atoms with Crippen molar-refractivity contribution in [2.45, 2.75) is 361 Å². The maximum absolute atomic E-state index is 12.9. The lowest BCUT2D eigenvalue weighted by Crippen LogP contribution is -2.30. The Balaban J connectivity index is 4.27. The molecule has 6 heteroatoms. The van der Waals surface area contributed by atoms with Crippen molar-refractivity contribution in [3.8, 4) is 0 Å². The first-order chi connectivity index (χ1) is 35.0. The van der Waals surface area contributed by atoms with Gasteiger partial charge >= 0.3 is 17.9 Å². The molecule has 1 unspecified atom stereocenters. The molecule has 0 aliphatic carbocycles. The Morgan fingerprint density at radius 1 is 0.282 bits per heavy atom. The van der Waals surface area contributed by atoms with Gasteiger partial charge in [0.2, 0.25) is 0 Å². The third-order valence-electron chi connectivity index (χ3n) is 14.5. The number of rotatable bonds is 59. The largest absolute Gasteiger partial charge is 0.462 e. The molecule has 418 valence electrons. The Labute approximate surface area is 443 Å². The summed E-state index contributed by atoms with van der Waals surface area (Å²) in [4.78, 5) is 38.3. The van der Waals surface area contributed by atoms with Gasteiger partial charge in [-0.15, -0.1) is 0 Å². The van der Waals surface area contributed by atoms with Gasteiger partial charge in [-0.3, -0.25) is 14.4 Å². The second-order valence-corrected chi connectivity index (χ2v) is 21.7. The molecule has 0 N–H and O–H groups in total. The highest BCUT2D eigenvalue weighted by atomic mass is 16.6. The molecule has 0 saturated carbocycles. The number of hydrogen-bond donors (Lipinski definition) is 0. The first kappa shape index (κ1) is 68.9. The van der Waals surface area contributed by atoms with Crippen molar-refractivity contribution in [2.24, 2.45) is 0 Å². The van der Waals surface area contributed by atoms with E-state index in [0.717, 1.165) is 70.6 Å². The monoisotopic (exact) mass is 999 g/mol. The Morgan fingerprint density at radius 3 is 0.803 bits per heavy atom. The van der Waals surface area contributed by atoms with Gasteiger partial charge in [-0.2, -0.15) is 0 Å². The van der Waals surface area contributed by atoms with Crippen LogP contribution in [0.3, 0.4) is 0 Å². The first-order valence-electron chi connectivity index (χ1n) is 31.8. The predicted octanol–water partition coefficient (Wildman–Crippen LogP) is 21.4. The number of carbonyl (C=O) groups excluding carboxylic acids is 3. The van der Waals surface area contributed by atoms with Crippen LogP contribution in [0.1, 0.15) is 355 Å². The van der Waals surface area contributed by atoms with E-state index < -0.39 is 6.10 Å². The van der Waals surface area contributed by atoms with Crippen LogP contribution in [-0.4, -0.2) is 37.2 Å². The van der Waals surface area contributed by atoms with Crippen LogP contribution in [0.2, 0.25) is 0 Å². The highest BCUT2D eigenvalue weighted by Gasteiger charge is 2.19. The van der Waals surface area contributed by atoms with Crippen LogP contribution < -0.4 is 0 Å². The van der Waals surface area contributed by atoms with E-state index >= 15 is 0 Å². The van der Waals surface area contributed by atoms with Gasteiger partial charge in [-0.1, -0.05) is 308 Å². The summed E-state index contributed by atoms with van der Waals surface area (Å²) in [7, 11) is 0. The molecule has 0 aliphatic heterocycles. The Hall–Kier alpha value is -2.11. The van der Waals surface area contributed by atoms with E-state index in [1.165, 1.54) is 244 Å². The summed E-state index contributed by atoms with van der Waals surface area (Å²) in [5.74, 6) is -0.849. The van der Waals surface area contributed by atoms with E-state index in [1.54, 1.807) is 0 Å². The molecule has 6 nitrogen and oxygen atoms in total. The zero-order chi connectivity index (χ0) is 51.4. The minimum atomic E-state index is -0.771. The molecular weight excluding hydrogens is 877 g/mol. The highest BCUT2D eigenvalue weighted by Crippen LogP contribution is 2.18. The number of esters is 3. The molecule has 1 atom stereocenters. The van der Waals surface area contributed by atoms with Crippen molar-refractivity contribution in [3.63, 3.8) is 0 Å². The van der Waals surface area contributed by atoms with E-state index in [4.69, 9.17) is 14.2 Å². The van der Waals surface area contributed by atoms with Crippen molar-refractivity contribution < 1.29 is 28.6 Å². The standard InChI is InChI=1S/C65H122O6/c1-4-7-10-13-16-19-22-25-28-30-31-32-33-34-36-37-40-43-46-49-52-55-58-64(67)70-61-62(60-69-63(66)57-54-51-48-45-42-39-27-24-21-18-15-12-9-6-3)71-65(68)59-56-53-50-47-44-41-38-35-29-26-23-20-17-14-11-8-5-2/h17,20,26,29,62H,4-16,18-19,21-25,27-28,30-61H2,1-3H3/b20-17-,29-26-. The van der Waals surface area contributed by atoms with E-state index in [9.17, 15) is 14.4 Å². The van der Waals surface area contributed by atoms with Crippen LogP contribution >= 0.6 is 0 Å². The lowest BCUT2D eigenvalue weighted by atomic mass is 10.0. The molecule has 0 spiro atoms. The van der Waals surface area contributed by atoms with Crippen molar-refractivity contribution in [2.75, 3.05) is 13.2 Å². The van der Waals surface area contributed by atoms with Crippen LogP contribution in [0.15, 0.2) is 24.3 Å². The molecule has 0 heterocycles. The minimum Gasteiger partial charge on any atom is -0.462 e. The number of unbranched alkanes of at least 4 members (excludes halogenated alkanes) is 44. The molecule has 0 amide bonds. The lowest BCUT2D eigenvalue weighted by Gasteiger charge is -2.18. The van der Waals surface area contributed by atoms with Crippen LogP contribution in [0.4, 0.5) is 0 Å². The van der Waals surface area contributed by atoms with Gasteiger partial charge in [-0.25, -0.2) is 0 Å². The number of allylic oxidation sites excluding steroid dienone is 4. The van der Waals surface area contributed by atoms with Gasteiger partial charge in [0.1, 0.15) is 13.2 Å². The third kappa shape index (κ3) is 58.7. The van der Waals surface area contributed by atoms with Gasteiger partial charge in [0.25, 0.3) is 0 Å². The molecule has 0 aromatic heterocycles. The van der Waals surface area contributed by atoms with E-state index in [-0.39, 0.29) is 31.1 Å². The van der Waals surface area contributed by atoms with E-state index in [1.807, 2.05) is 0 Å². The Kier molecular flexibility index (Phi) is 58.6. The van der Waals surface area contributed by atoms with Crippen LogP contribution in [0.25, 0.3) is 0 Å². The zero-order valence-corrected chi connectivity index (χ0v) is 48.0. The molecule has 0 aromatic carbocycles. The summed E-state index contributed by atoms with van der Waals surface area (Å²) < 4.78 is 16.9. The van der Waals surface area contributed by atoms with Gasteiger partial charge in [0.05, 0.1) is 0 Å². The molecule has 0 bridgehead atoms. The third-order valence-corrected chi connectivity index (χ3v) is 14.5. The number of carbonyl (C=O) groups is 3. The normalized spacial score (nSPS) is 12.1. The summed E-state index contributed by atoms with van der Waals surface area (Å²) in [6.45, 7) is 6.68. The number of ether oxygens (including phenoxy) is 3. The van der Waals surface area contributed by atoms with Crippen molar-refractivity contribution in [1.29, 1.82) is 0 Å². The quantitative estimate of drug-likeness (QED) is 0.0261. The minimum absolute atomic E-state index is 0.0685. The zero-order valence-electron chi connectivity index (χ0n) is 48.0. The molecule has 0 saturated heterocycles. The van der Waals surface area contributed by atoms with Gasteiger partial charge < -0.3 is 14.2 Å². The maximum atomic E-state index is 12.9. The molecule has 0 radical (unpaired) electrons. The first-order valence-corrected chi connectivity index (χ1v) is 31.8. The second-order valence-electron chi connectivity index (χ2n) is 21.7. The SMILES string of the molecule is CCCCC/C=C\C/C=C\CCCCCCCCCC(=O)OC(COC(=O)CCCCCCCCCCCCCCCC)COC(=O)CCCCCCCCCCCCCCCCCCCCCCCC. The molecule has 0 aromatic rings. The topological polar surface area (TPSA) is 78.9 Å². The summed E-state index contributed by atoms with van der Waals surface area (Å²) >= 11 is 0. The molecule has 71 heavy (non-hydrogen) atoms. The summed E-state index contributed by atoms with van der Waals surface area (Å²) in [6.07, 6.45) is 71.8. The molecular formula is C65H122O6. The molecule has 0 aliphatic rings. The fourth-order valence-corrected chi connectivity index (χ4v) is 9.65. The molecule has 0 fully saturated rings. The highest BCUT2D eigenvalue weighted by molar-refractivity contribution is 5.71. The molecule has 0 rings (SSSR count). The van der Waals surface area contributed by atoms with Crippen molar-refractivity contribution in [3.05, 3.63) is 24.3 Å². The fraction of sp³-hybridized carbons (Fsp3) is 0.892.